The van der Waals surface area contributed by atoms with Crippen LogP contribution in [-0.4, -0.2) is 22.6 Å². The number of hydrogen-bond acceptors (Lipinski definition) is 6. The number of esters is 1. The zero-order valence-electron chi connectivity index (χ0n) is 11.6. The van der Waals surface area contributed by atoms with Gasteiger partial charge in [0.2, 0.25) is 11.8 Å². The van der Waals surface area contributed by atoms with E-state index in [1.165, 1.54) is 0 Å². The molecule has 3 rings (SSSR count). The van der Waals surface area contributed by atoms with Gasteiger partial charge >= 0.3 is 5.97 Å². The number of carbonyl (C=O) groups is 2. The third-order valence-electron chi connectivity index (χ3n) is 3.08. The number of rotatable bonds is 4. The first kappa shape index (κ1) is 14.0. The van der Waals surface area contributed by atoms with Gasteiger partial charge < -0.3 is 9.15 Å². The summed E-state index contributed by atoms with van der Waals surface area (Å²) < 4.78 is 10.6. The Morgan fingerprint density at radius 3 is 2.82 bits per heavy atom. The van der Waals surface area contributed by atoms with Crippen molar-refractivity contribution in [3.63, 3.8) is 0 Å². The van der Waals surface area contributed by atoms with E-state index in [0.29, 0.717) is 11.7 Å². The minimum absolute atomic E-state index is 0.0847. The number of nitrogens with one attached hydrogen (secondary N) is 1. The van der Waals surface area contributed by atoms with Crippen molar-refractivity contribution in [1.29, 1.82) is 0 Å². The molecule has 1 N–H and O–H groups in total. The van der Waals surface area contributed by atoms with E-state index in [0.717, 1.165) is 5.56 Å². The van der Waals surface area contributed by atoms with Crippen LogP contribution in [0.2, 0.25) is 0 Å². The molecular formula is C15H13N3O4. The summed E-state index contributed by atoms with van der Waals surface area (Å²) in [4.78, 5) is 26.8. The zero-order chi connectivity index (χ0) is 15.4. The van der Waals surface area contributed by atoms with Crippen LogP contribution in [0, 0.1) is 0 Å². The molecule has 0 radical (unpaired) electrons. The molecule has 1 aliphatic heterocycles. The van der Waals surface area contributed by atoms with Crippen molar-refractivity contribution in [1.82, 2.24) is 10.4 Å². The Hall–Kier alpha value is -2.96. The number of nitrogens with zero attached hydrogens (tertiary/aromatic N) is 2. The predicted molar refractivity (Wildman–Crippen MR) is 76.5 cm³/mol. The fourth-order valence-electron chi connectivity index (χ4n) is 1.94. The smallest absolute Gasteiger partial charge is 0.355 e. The minimum Gasteiger partial charge on any atom is -0.451 e. The van der Waals surface area contributed by atoms with Crippen LogP contribution < -0.4 is 5.43 Å². The number of amides is 1. The van der Waals surface area contributed by atoms with Gasteiger partial charge in [-0.2, -0.15) is 5.10 Å². The molecule has 7 nitrogen and oxygen atoms in total. The lowest BCUT2D eigenvalue weighted by molar-refractivity contribution is -0.137. The van der Waals surface area contributed by atoms with E-state index in [9.17, 15) is 9.59 Å². The van der Waals surface area contributed by atoms with Crippen LogP contribution in [0.4, 0.5) is 0 Å². The van der Waals surface area contributed by atoms with Gasteiger partial charge in [0.05, 0.1) is 6.20 Å². The Morgan fingerprint density at radius 2 is 2.09 bits per heavy atom. The molecular weight excluding hydrogens is 286 g/mol. The lowest BCUT2D eigenvalue weighted by Gasteiger charge is -2.10. The van der Waals surface area contributed by atoms with Crippen LogP contribution >= 0.6 is 0 Å². The number of benzene rings is 1. The van der Waals surface area contributed by atoms with Gasteiger partial charge in [0, 0.05) is 18.4 Å². The fourth-order valence-corrected chi connectivity index (χ4v) is 1.94. The first-order valence-corrected chi connectivity index (χ1v) is 6.75. The SMILES string of the molecule is O=C1CCC(C(=O)OCc2ncc(-c3ccccc3)o2)=NN1. The predicted octanol–water partition coefficient (Wildman–Crippen LogP) is 1.65. The summed E-state index contributed by atoms with van der Waals surface area (Å²) in [5.74, 6) is 0.109. The van der Waals surface area contributed by atoms with E-state index in [4.69, 9.17) is 9.15 Å². The van der Waals surface area contributed by atoms with Gasteiger partial charge in [0.25, 0.3) is 0 Å². The van der Waals surface area contributed by atoms with Crippen molar-refractivity contribution in [2.24, 2.45) is 5.10 Å². The third-order valence-corrected chi connectivity index (χ3v) is 3.08. The summed E-state index contributed by atoms with van der Waals surface area (Å²) in [5, 5.41) is 3.67. The molecule has 0 bridgehead atoms. The number of hydrogen-bond donors (Lipinski definition) is 1. The molecule has 0 saturated carbocycles. The van der Waals surface area contributed by atoms with Crippen molar-refractivity contribution in [2.75, 3.05) is 0 Å². The standard InChI is InChI=1S/C15H13N3O4/c19-13-7-6-11(17-18-13)15(20)21-9-14-16-8-12(22-14)10-4-2-1-3-5-10/h1-5,8H,6-7,9H2,(H,18,19). The van der Waals surface area contributed by atoms with Crippen LogP contribution in [-0.2, 0) is 20.9 Å². The molecule has 0 unspecified atom stereocenters. The first-order chi connectivity index (χ1) is 10.7. The van der Waals surface area contributed by atoms with Gasteiger partial charge in [-0.25, -0.2) is 15.2 Å². The maximum absolute atomic E-state index is 11.8. The summed E-state index contributed by atoms with van der Waals surface area (Å²) in [6, 6.07) is 9.50. The second-order valence-electron chi connectivity index (χ2n) is 4.65. The second-order valence-corrected chi connectivity index (χ2v) is 4.65. The van der Waals surface area contributed by atoms with Crippen LogP contribution in [0.15, 0.2) is 46.0 Å². The number of aromatic nitrogens is 1. The normalized spacial score (nSPS) is 14.2. The number of oxazole rings is 1. The molecule has 7 heteroatoms. The molecule has 1 amide bonds. The molecule has 0 aliphatic carbocycles. The lowest BCUT2D eigenvalue weighted by atomic mass is 10.2. The van der Waals surface area contributed by atoms with Crippen LogP contribution in [0.5, 0.6) is 0 Å². The van der Waals surface area contributed by atoms with Gasteiger partial charge in [0.15, 0.2) is 12.4 Å². The van der Waals surface area contributed by atoms with E-state index < -0.39 is 5.97 Å². The summed E-state index contributed by atoms with van der Waals surface area (Å²) in [6.07, 6.45) is 2.08. The maximum atomic E-state index is 11.8. The van der Waals surface area contributed by atoms with E-state index in [1.54, 1.807) is 6.20 Å². The van der Waals surface area contributed by atoms with Gasteiger partial charge in [0.1, 0.15) is 5.71 Å². The molecule has 0 saturated heterocycles. The fraction of sp³-hybridized carbons (Fsp3) is 0.200. The van der Waals surface area contributed by atoms with Gasteiger partial charge in [-0.1, -0.05) is 30.3 Å². The van der Waals surface area contributed by atoms with Crippen molar-refractivity contribution >= 4 is 17.6 Å². The Balaban J connectivity index is 1.59. The summed E-state index contributed by atoms with van der Waals surface area (Å²) in [5.41, 5.74) is 3.33. The topological polar surface area (TPSA) is 93.8 Å². The van der Waals surface area contributed by atoms with Crippen LogP contribution in [0.3, 0.4) is 0 Å². The van der Waals surface area contributed by atoms with Crippen molar-refractivity contribution in [3.8, 4) is 11.3 Å². The average molecular weight is 299 g/mol. The molecule has 1 aromatic carbocycles. The number of carbonyl (C=O) groups excluding carboxylic acids is 2. The van der Waals surface area contributed by atoms with Crippen molar-refractivity contribution in [2.45, 2.75) is 19.4 Å². The Bertz CT molecular complexity index is 721. The zero-order valence-corrected chi connectivity index (χ0v) is 11.6. The van der Waals surface area contributed by atoms with Crippen LogP contribution in [0.25, 0.3) is 11.3 Å². The second kappa shape index (κ2) is 6.21. The van der Waals surface area contributed by atoms with E-state index in [-0.39, 0.29) is 31.1 Å². The highest BCUT2D eigenvalue weighted by molar-refractivity contribution is 6.37. The largest absolute Gasteiger partial charge is 0.451 e. The number of ether oxygens (including phenoxy) is 1. The molecule has 1 aromatic heterocycles. The third kappa shape index (κ3) is 3.20. The quantitative estimate of drug-likeness (QED) is 0.866. The highest BCUT2D eigenvalue weighted by atomic mass is 16.5. The van der Waals surface area contributed by atoms with Crippen molar-refractivity contribution in [3.05, 3.63) is 42.4 Å². The summed E-state index contributed by atoms with van der Waals surface area (Å²) >= 11 is 0. The molecule has 2 heterocycles. The Labute approximate surface area is 126 Å². The number of hydrazone groups is 1. The maximum Gasteiger partial charge on any atom is 0.355 e. The van der Waals surface area contributed by atoms with Gasteiger partial charge in [-0.3, -0.25) is 4.79 Å². The van der Waals surface area contributed by atoms with Gasteiger partial charge in [-0.15, -0.1) is 0 Å². The molecule has 0 atom stereocenters. The molecule has 0 spiro atoms. The van der Waals surface area contributed by atoms with E-state index in [1.807, 2.05) is 30.3 Å². The van der Waals surface area contributed by atoms with Crippen LogP contribution in [0.1, 0.15) is 18.7 Å². The highest BCUT2D eigenvalue weighted by Crippen LogP contribution is 2.20. The monoisotopic (exact) mass is 299 g/mol. The first-order valence-electron chi connectivity index (χ1n) is 6.75. The minimum atomic E-state index is -0.584. The van der Waals surface area contributed by atoms with E-state index >= 15 is 0 Å². The molecule has 112 valence electrons. The molecule has 2 aromatic rings. The van der Waals surface area contributed by atoms with Crippen molar-refractivity contribution < 1.29 is 18.7 Å². The summed E-state index contributed by atoms with van der Waals surface area (Å²) in [6.45, 7) is -0.0847. The average Bonchev–Trinajstić information content (AvgIpc) is 3.03. The lowest BCUT2D eigenvalue weighted by Crippen LogP contribution is -2.30. The summed E-state index contributed by atoms with van der Waals surface area (Å²) in [7, 11) is 0. The highest BCUT2D eigenvalue weighted by Gasteiger charge is 2.20. The molecule has 0 fully saturated rings. The Morgan fingerprint density at radius 1 is 1.27 bits per heavy atom. The van der Waals surface area contributed by atoms with E-state index in [2.05, 4.69) is 15.5 Å². The van der Waals surface area contributed by atoms with Gasteiger partial charge in [-0.05, 0) is 0 Å². The molecule has 1 aliphatic rings. The Kier molecular flexibility index (Phi) is 3.95. The molecule has 22 heavy (non-hydrogen) atoms.